The molecule has 3 N–H and O–H groups in total. The van der Waals surface area contributed by atoms with Crippen molar-refractivity contribution in [1.82, 2.24) is 4.98 Å². The number of hydrogen-bond donors (Lipinski definition) is 2. The van der Waals surface area contributed by atoms with Crippen molar-refractivity contribution >= 4 is 16.5 Å². The van der Waals surface area contributed by atoms with E-state index < -0.39 is 6.10 Å². The molecule has 0 aromatic carbocycles. The van der Waals surface area contributed by atoms with Gasteiger partial charge in [0.2, 0.25) is 0 Å². The van der Waals surface area contributed by atoms with Gasteiger partial charge >= 0.3 is 0 Å². The van der Waals surface area contributed by atoms with Gasteiger partial charge in [-0.3, -0.25) is 0 Å². The first-order valence-corrected chi connectivity index (χ1v) is 5.50. The van der Waals surface area contributed by atoms with E-state index in [1.54, 1.807) is 0 Å². The maximum Gasteiger partial charge on any atom is 0.185 e. The molecule has 0 fully saturated rings. The van der Waals surface area contributed by atoms with Crippen molar-refractivity contribution in [2.24, 2.45) is 5.73 Å². The Hall–Kier alpha value is -0.650. The number of aromatic nitrogens is 1. The predicted octanol–water partition coefficient (Wildman–Crippen LogP) is 0.980. The quantitative estimate of drug-likeness (QED) is 0.786. The van der Waals surface area contributed by atoms with Gasteiger partial charge in [-0.25, -0.2) is 4.98 Å². The van der Waals surface area contributed by atoms with Gasteiger partial charge < -0.3 is 15.7 Å². The maximum atomic E-state index is 9.46. The largest absolute Gasteiger partial charge is 0.385 e. The molecule has 4 nitrogen and oxygen atoms in total. The number of aliphatic hydroxyl groups is 1. The van der Waals surface area contributed by atoms with E-state index in [-0.39, 0.29) is 6.54 Å². The SMILES string of the molecule is CC(C)N(C)c1nc(C(O)CN)cs1. The molecule has 1 unspecified atom stereocenters. The fraction of sp³-hybridized carbons (Fsp3) is 0.667. The van der Waals surface area contributed by atoms with E-state index in [0.717, 1.165) is 5.13 Å². The zero-order chi connectivity index (χ0) is 10.7. The van der Waals surface area contributed by atoms with Crippen LogP contribution in [0, 0.1) is 0 Å². The van der Waals surface area contributed by atoms with Crippen LogP contribution in [0.2, 0.25) is 0 Å². The number of rotatable bonds is 4. The second-order valence-corrected chi connectivity index (χ2v) is 4.35. The molecule has 0 saturated carbocycles. The van der Waals surface area contributed by atoms with Crippen molar-refractivity contribution in [1.29, 1.82) is 0 Å². The van der Waals surface area contributed by atoms with Gasteiger partial charge in [-0.15, -0.1) is 11.3 Å². The third-order valence-electron chi connectivity index (χ3n) is 2.15. The van der Waals surface area contributed by atoms with Gasteiger partial charge in [-0.2, -0.15) is 0 Å². The molecule has 0 aliphatic carbocycles. The van der Waals surface area contributed by atoms with Gasteiger partial charge in [0.15, 0.2) is 5.13 Å². The Kier molecular flexibility index (Phi) is 3.86. The average molecular weight is 215 g/mol. The van der Waals surface area contributed by atoms with E-state index in [0.29, 0.717) is 11.7 Å². The van der Waals surface area contributed by atoms with Gasteiger partial charge in [0.05, 0.1) is 5.69 Å². The summed E-state index contributed by atoms with van der Waals surface area (Å²) in [7, 11) is 1.99. The first-order valence-electron chi connectivity index (χ1n) is 4.62. The van der Waals surface area contributed by atoms with Crippen molar-refractivity contribution in [3.8, 4) is 0 Å². The second kappa shape index (κ2) is 4.72. The summed E-state index contributed by atoms with van der Waals surface area (Å²) >= 11 is 1.53. The minimum atomic E-state index is -0.638. The van der Waals surface area contributed by atoms with Crippen LogP contribution >= 0.6 is 11.3 Å². The van der Waals surface area contributed by atoms with Crippen LogP contribution in [0.1, 0.15) is 25.6 Å². The Morgan fingerprint density at radius 2 is 2.29 bits per heavy atom. The molecule has 0 amide bonds. The second-order valence-electron chi connectivity index (χ2n) is 3.51. The van der Waals surface area contributed by atoms with Crippen LogP contribution in [0.25, 0.3) is 0 Å². The Morgan fingerprint density at radius 1 is 1.64 bits per heavy atom. The summed E-state index contributed by atoms with van der Waals surface area (Å²) in [5.74, 6) is 0. The van der Waals surface area contributed by atoms with E-state index >= 15 is 0 Å². The van der Waals surface area contributed by atoms with Crippen LogP contribution in [-0.4, -0.2) is 29.7 Å². The fourth-order valence-electron chi connectivity index (χ4n) is 0.933. The van der Waals surface area contributed by atoms with E-state index in [4.69, 9.17) is 5.73 Å². The third-order valence-corrected chi connectivity index (χ3v) is 3.10. The van der Waals surface area contributed by atoms with E-state index in [2.05, 4.69) is 23.7 Å². The molecule has 0 radical (unpaired) electrons. The smallest absolute Gasteiger partial charge is 0.185 e. The Bertz CT molecular complexity index is 287. The molecule has 0 bridgehead atoms. The third kappa shape index (κ3) is 2.43. The van der Waals surface area contributed by atoms with Gasteiger partial charge in [-0.05, 0) is 13.8 Å². The van der Waals surface area contributed by atoms with Crippen molar-refractivity contribution in [3.05, 3.63) is 11.1 Å². The van der Waals surface area contributed by atoms with E-state index in [9.17, 15) is 5.11 Å². The molecule has 0 aliphatic heterocycles. The van der Waals surface area contributed by atoms with Gasteiger partial charge in [0.25, 0.3) is 0 Å². The first-order chi connectivity index (χ1) is 6.56. The first kappa shape index (κ1) is 11.4. The van der Waals surface area contributed by atoms with Crippen LogP contribution in [0.3, 0.4) is 0 Å². The summed E-state index contributed by atoms with van der Waals surface area (Å²) in [4.78, 5) is 6.38. The summed E-state index contributed by atoms with van der Waals surface area (Å²) in [5, 5.41) is 12.2. The molecule has 1 rings (SSSR count). The Labute approximate surface area is 88.4 Å². The number of nitrogens with two attached hydrogens (primary N) is 1. The average Bonchev–Trinajstić information content (AvgIpc) is 2.64. The molecule has 1 aromatic heterocycles. The highest BCUT2D eigenvalue weighted by Gasteiger charge is 2.13. The maximum absolute atomic E-state index is 9.46. The van der Waals surface area contributed by atoms with Gasteiger partial charge in [0.1, 0.15) is 6.10 Å². The number of thiazole rings is 1. The summed E-state index contributed by atoms with van der Waals surface area (Å²) in [6.45, 7) is 4.41. The summed E-state index contributed by atoms with van der Waals surface area (Å²) in [6, 6.07) is 0.406. The topological polar surface area (TPSA) is 62.4 Å². The molecule has 5 heteroatoms. The highest BCUT2D eigenvalue weighted by Crippen LogP contribution is 2.23. The molecule has 1 atom stereocenters. The van der Waals surface area contributed by atoms with Crippen LogP contribution in [0.5, 0.6) is 0 Å². The van der Waals surface area contributed by atoms with E-state index in [1.807, 2.05) is 12.4 Å². The normalized spacial score (nSPS) is 13.3. The molecule has 14 heavy (non-hydrogen) atoms. The predicted molar refractivity (Wildman–Crippen MR) is 59.7 cm³/mol. The lowest BCUT2D eigenvalue weighted by Crippen LogP contribution is -2.25. The van der Waals surface area contributed by atoms with Crippen LogP contribution in [-0.2, 0) is 0 Å². The lowest BCUT2D eigenvalue weighted by atomic mass is 10.3. The summed E-state index contributed by atoms with van der Waals surface area (Å²) < 4.78 is 0. The Balaban J connectivity index is 2.77. The van der Waals surface area contributed by atoms with Crippen molar-refractivity contribution in [3.63, 3.8) is 0 Å². The van der Waals surface area contributed by atoms with Gasteiger partial charge in [0, 0.05) is 25.0 Å². The minimum absolute atomic E-state index is 0.217. The van der Waals surface area contributed by atoms with Crippen LogP contribution < -0.4 is 10.6 Å². The van der Waals surface area contributed by atoms with Crippen LogP contribution in [0.15, 0.2) is 5.38 Å². The zero-order valence-electron chi connectivity index (χ0n) is 8.77. The lowest BCUT2D eigenvalue weighted by molar-refractivity contribution is 0.182. The monoisotopic (exact) mass is 215 g/mol. The number of hydrogen-bond acceptors (Lipinski definition) is 5. The molecule has 0 saturated heterocycles. The zero-order valence-corrected chi connectivity index (χ0v) is 9.58. The molecule has 80 valence electrons. The molecule has 1 heterocycles. The summed E-state index contributed by atoms with van der Waals surface area (Å²) in [6.07, 6.45) is -0.638. The Morgan fingerprint density at radius 3 is 2.79 bits per heavy atom. The van der Waals surface area contributed by atoms with Gasteiger partial charge in [-0.1, -0.05) is 0 Å². The number of aliphatic hydroxyl groups excluding tert-OH is 1. The van der Waals surface area contributed by atoms with Crippen molar-refractivity contribution in [2.45, 2.75) is 26.0 Å². The highest BCUT2D eigenvalue weighted by atomic mass is 32.1. The molecule has 0 aliphatic rings. The van der Waals surface area contributed by atoms with Crippen LogP contribution in [0.4, 0.5) is 5.13 Å². The summed E-state index contributed by atoms with van der Waals surface area (Å²) in [5.41, 5.74) is 6.02. The minimum Gasteiger partial charge on any atom is -0.385 e. The molecular formula is C9H17N3OS. The molecule has 1 aromatic rings. The highest BCUT2D eigenvalue weighted by molar-refractivity contribution is 7.13. The number of anilines is 1. The molecule has 0 spiro atoms. The lowest BCUT2D eigenvalue weighted by Gasteiger charge is -2.19. The molecular weight excluding hydrogens is 198 g/mol. The van der Waals surface area contributed by atoms with Crippen molar-refractivity contribution < 1.29 is 5.11 Å². The van der Waals surface area contributed by atoms with Crippen molar-refractivity contribution in [2.75, 3.05) is 18.5 Å². The number of nitrogens with zero attached hydrogens (tertiary/aromatic N) is 2. The fourth-order valence-corrected chi connectivity index (χ4v) is 1.90. The standard InChI is InChI=1S/C9H17N3OS/c1-6(2)12(3)9-11-7(5-14-9)8(13)4-10/h5-6,8,13H,4,10H2,1-3H3. The van der Waals surface area contributed by atoms with E-state index in [1.165, 1.54) is 11.3 Å².